The van der Waals surface area contributed by atoms with Gasteiger partial charge in [0.15, 0.2) is 0 Å². The zero-order chi connectivity index (χ0) is 27.0. The van der Waals surface area contributed by atoms with E-state index in [2.05, 4.69) is 84.4 Å². The third-order valence-corrected chi connectivity index (χ3v) is 5.49. The van der Waals surface area contributed by atoms with Crippen LogP contribution in [0.15, 0.2) is 96.4 Å². The Kier molecular flexibility index (Phi) is 18.8. The maximum atomic E-state index is 12.2. The lowest BCUT2D eigenvalue weighted by Crippen LogP contribution is -2.42. The highest BCUT2D eigenvalue weighted by Gasteiger charge is 2.17. The van der Waals surface area contributed by atoms with E-state index in [-0.39, 0.29) is 23.6 Å². The molecule has 0 aromatic carbocycles. The molecular weight excluding hydrogens is 460 g/mol. The standard InChI is InChI=1S/C32H46N2O3/c1-3-4-5-6-7-8-9-10-11-12-13-14-15-16-17-18-19-20-21-26-31(36)33-27-28(2)34-32(37)29-24-22-23-25-30(29)35/h4-5,7-8,10-11,13-14,16-17,19-20,24-25,28,35H,3,6,9,12,15,18,21-23,26-27H2,1-2H3,(H,33,36)(H,34,37)/b5-4-,8-7-,11-10-,14-13-,17-16-,20-19-. The van der Waals surface area contributed by atoms with E-state index < -0.39 is 0 Å². The van der Waals surface area contributed by atoms with Crippen molar-refractivity contribution in [1.29, 1.82) is 0 Å². The molecule has 37 heavy (non-hydrogen) atoms. The van der Waals surface area contributed by atoms with Crippen molar-refractivity contribution >= 4 is 11.8 Å². The van der Waals surface area contributed by atoms with Gasteiger partial charge < -0.3 is 15.7 Å². The molecule has 1 aliphatic carbocycles. The summed E-state index contributed by atoms with van der Waals surface area (Å²) in [5.41, 5.74) is 0.307. The van der Waals surface area contributed by atoms with Crippen LogP contribution in [0.2, 0.25) is 0 Å². The Morgan fingerprint density at radius 1 is 0.811 bits per heavy atom. The van der Waals surface area contributed by atoms with Crippen LogP contribution < -0.4 is 10.6 Å². The van der Waals surface area contributed by atoms with Gasteiger partial charge in [-0.05, 0) is 70.8 Å². The first-order chi connectivity index (χ1) is 18.0. The number of aliphatic hydroxyl groups is 1. The molecule has 0 bridgehead atoms. The third kappa shape index (κ3) is 17.7. The van der Waals surface area contributed by atoms with Crippen molar-refractivity contribution in [1.82, 2.24) is 10.6 Å². The van der Waals surface area contributed by atoms with Crippen molar-refractivity contribution in [3.63, 3.8) is 0 Å². The summed E-state index contributed by atoms with van der Waals surface area (Å²) in [6, 6.07) is -0.224. The van der Waals surface area contributed by atoms with Crippen molar-refractivity contribution in [3.8, 4) is 0 Å². The fourth-order valence-corrected chi connectivity index (χ4v) is 3.43. The Balaban J connectivity index is 2.04. The molecule has 3 N–H and O–H groups in total. The van der Waals surface area contributed by atoms with Gasteiger partial charge in [-0.1, -0.05) is 85.9 Å². The SMILES string of the molecule is CC/C=C\C/C=C\C/C=C\C/C=C\C/C=C\C/C=C\CCC(=O)NCC(C)NC(=O)C1=CCCC=C1O. The van der Waals surface area contributed by atoms with Gasteiger partial charge in [0.2, 0.25) is 5.91 Å². The predicted octanol–water partition coefficient (Wildman–Crippen LogP) is 7.25. The molecule has 1 atom stereocenters. The molecule has 0 aromatic heterocycles. The van der Waals surface area contributed by atoms with Crippen LogP contribution in [-0.4, -0.2) is 29.5 Å². The molecule has 0 aliphatic heterocycles. The van der Waals surface area contributed by atoms with Crippen molar-refractivity contribution in [3.05, 3.63) is 96.4 Å². The van der Waals surface area contributed by atoms with Crippen LogP contribution in [0.25, 0.3) is 0 Å². The van der Waals surface area contributed by atoms with E-state index >= 15 is 0 Å². The van der Waals surface area contributed by atoms with E-state index in [1.807, 2.05) is 13.0 Å². The number of hydrogen-bond donors (Lipinski definition) is 3. The molecule has 0 heterocycles. The van der Waals surface area contributed by atoms with Crippen LogP contribution in [0.3, 0.4) is 0 Å². The molecule has 0 spiro atoms. The van der Waals surface area contributed by atoms with Gasteiger partial charge in [0, 0.05) is 19.0 Å². The van der Waals surface area contributed by atoms with Gasteiger partial charge in [-0.2, -0.15) is 0 Å². The molecule has 0 saturated heterocycles. The molecule has 1 rings (SSSR count). The Morgan fingerprint density at radius 2 is 1.30 bits per heavy atom. The first-order valence-electron chi connectivity index (χ1n) is 13.6. The molecule has 5 nitrogen and oxygen atoms in total. The lowest BCUT2D eigenvalue weighted by atomic mass is 10.0. The minimum absolute atomic E-state index is 0.0244. The summed E-state index contributed by atoms with van der Waals surface area (Å²) in [6.45, 7) is 4.33. The van der Waals surface area contributed by atoms with Gasteiger partial charge in [-0.3, -0.25) is 9.59 Å². The number of hydrogen-bond acceptors (Lipinski definition) is 3. The first kappa shape index (κ1) is 31.7. The molecule has 1 aliphatic rings. The average molecular weight is 507 g/mol. The second-order valence-corrected chi connectivity index (χ2v) is 8.92. The van der Waals surface area contributed by atoms with Crippen LogP contribution >= 0.6 is 0 Å². The summed E-state index contributed by atoms with van der Waals surface area (Å²) < 4.78 is 0. The predicted molar refractivity (Wildman–Crippen MR) is 156 cm³/mol. The molecule has 0 saturated carbocycles. The summed E-state index contributed by atoms with van der Waals surface area (Å²) in [6.07, 6.45) is 37.7. The van der Waals surface area contributed by atoms with Crippen molar-refractivity contribution < 1.29 is 14.7 Å². The highest BCUT2D eigenvalue weighted by Crippen LogP contribution is 2.16. The smallest absolute Gasteiger partial charge is 0.254 e. The number of allylic oxidation sites excluding steroid dienone is 14. The number of carbonyl (C=O) groups excluding carboxylic acids is 2. The third-order valence-electron chi connectivity index (χ3n) is 5.49. The van der Waals surface area contributed by atoms with Gasteiger partial charge in [-0.15, -0.1) is 0 Å². The quantitative estimate of drug-likeness (QED) is 0.171. The van der Waals surface area contributed by atoms with Gasteiger partial charge in [0.25, 0.3) is 5.91 Å². The topological polar surface area (TPSA) is 78.4 Å². The molecule has 202 valence electrons. The zero-order valence-electron chi connectivity index (χ0n) is 22.7. The Labute approximate surface area is 224 Å². The Bertz CT molecular complexity index is 901. The number of rotatable bonds is 18. The summed E-state index contributed by atoms with van der Waals surface area (Å²) in [4.78, 5) is 24.2. The minimum atomic E-state index is -0.312. The van der Waals surface area contributed by atoms with E-state index in [4.69, 9.17) is 0 Å². The van der Waals surface area contributed by atoms with Crippen LogP contribution in [0, 0.1) is 0 Å². The largest absolute Gasteiger partial charge is 0.507 e. The van der Waals surface area contributed by atoms with E-state index in [1.54, 1.807) is 12.2 Å². The zero-order valence-corrected chi connectivity index (χ0v) is 22.7. The second kappa shape index (κ2) is 21.9. The second-order valence-electron chi connectivity index (χ2n) is 8.92. The van der Waals surface area contributed by atoms with E-state index in [0.717, 1.165) is 51.4 Å². The maximum Gasteiger partial charge on any atom is 0.254 e. The lowest BCUT2D eigenvalue weighted by molar-refractivity contribution is -0.122. The van der Waals surface area contributed by atoms with E-state index in [0.29, 0.717) is 25.0 Å². The minimum Gasteiger partial charge on any atom is -0.507 e. The lowest BCUT2D eigenvalue weighted by Gasteiger charge is -2.17. The Morgan fingerprint density at radius 3 is 1.81 bits per heavy atom. The summed E-state index contributed by atoms with van der Waals surface area (Å²) in [5, 5.41) is 15.5. The van der Waals surface area contributed by atoms with Crippen LogP contribution in [0.4, 0.5) is 0 Å². The van der Waals surface area contributed by atoms with E-state index in [1.165, 1.54) is 0 Å². The molecule has 0 fully saturated rings. The highest BCUT2D eigenvalue weighted by molar-refractivity contribution is 5.97. The average Bonchev–Trinajstić information content (AvgIpc) is 2.89. The van der Waals surface area contributed by atoms with Gasteiger partial charge in [0.05, 0.1) is 5.57 Å². The van der Waals surface area contributed by atoms with Crippen molar-refractivity contribution in [2.75, 3.05) is 6.54 Å². The summed E-state index contributed by atoms with van der Waals surface area (Å²) >= 11 is 0. The summed E-state index contributed by atoms with van der Waals surface area (Å²) in [7, 11) is 0. The number of carbonyl (C=O) groups is 2. The fraction of sp³-hybridized carbons (Fsp3) is 0.438. The van der Waals surface area contributed by atoms with Crippen LogP contribution in [-0.2, 0) is 9.59 Å². The molecule has 0 radical (unpaired) electrons. The van der Waals surface area contributed by atoms with Gasteiger partial charge in [-0.25, -0.2) is 0 Å². The van der Waals surface area contributed by atoms with Gasteiger partial charge >= 0.3 is 0 Å². The van der Waals surface area contributed by atoms with Gasteiger partial charge in [0.1, 0.15) is 5.76 Å². The molecule has 0 aromatic rings. The van der Waals surface area contributed by atoms with Crippen LogP contribution in [0.1, 0.15) is 78.1 Å². The summed E-state index contributed by atoms with van der Waals surface area (Å²) in [5.74, 6) is -0.329. The monoisotopic (exact) mass is 506 g/mol. The molecule has 2 amide bonds. The van der Waals surface area contributed by atoms with Crippen molar-refractivity contribution in [2.45, 2.75) is 84.1 Å². The van der Waals surface area contributed by atoms with Crippen LogP contribution in [0.5, 0.6) is 0 Å². The Hall–Kier alpha value is -3.34. The van der Waals surface area contributed by atoms with E-state index in [9.17, 15) is 14.7 Å². The molecule has 5 heteroatoms. The number of amides is 2. The van der Waals surface area contributed by atoms with Crippen molar-refractivity contribution in [2.24, 2.45) is 0 Å². The number of nitrogens with one attached hydrogen (secondary N) is 2. The highest BCUT2D eigenvalue weighted by atomic mass is 16.3. The molecular formula is C32H46N2O3. The molecule has 1 unspecified atom stereocenters. The normalized spacial score (nSPS) is 15.4. The number of aliphatic hydroxyl groups excluding tert-OH is 1. The first-order valence-corrected chi connectivity index (χ1v) is 13.6. The maximum absolute atomic E-state index is 12.2. The fourth-order valence-electron chi connectivity index (χ4n) is 3.43.